The Hall–Kier alpha value is -1.06. The van der Waals surface area contributed by atoms with E-state index >= 15 is 0 Å². The number of ether oxygens (including phenoxy) is 1. The van der Waals surface area contributed by atoms with E-state index in [4.69, 9.17) is 4.74 Å². The molecule has 0 radical (unpaired) electrons. The first-order valence-corrected chi connectivity index (χ1v) is 8.45. The molecule has 3 rings (SSSR count). The zero-order valence-corrected chi connectivity index (χ0v) is 13.2. The van der Waals surface area contributed by atoms with Crippen LogP contribution in [0.4, 0.5) is 0 Å². The summed E-state index contributed by atoms with van der Waals surface area (Å²) >= 11 is 0. The van der Waals surface area contributed by atoms with Gasteiger partial charge in [0.25, 0.3) is 0 Å². The lowest BCUT2D eigenvalue weighted by Gasteiger charge is -2.30. The zero-order chi connectivity index (χ0) is 14.5. The van der Waals surface area contributed by atoms with Crippen LogP contribution in [0.15, 0.2) is 24.3 Å². The normalized spacial score (nSPS) is 24.9. The molecule has 0 amide bonds. The molecular weight excluding hydrogens is 260 g/mol. The fourth-order valence-corrected chi connectivity index (χ4v) is 3.48. The highest BCUT2D eigenvalue weighted by atomic mass is 16.5. The first kappa shape index (κ1) is 14.9. The molecule has 1 atom stereocenters. The van der Waals surface area contributed by atoms with E-state index in [0.717, 1.165) is 50.6 Å². The van der Waals surface area contributed by atoms with Gasteiger partial charge in [-0.25, -0.2) is 0 Å². The van der Waals surface area contributed by atoms with Crippen molar-refractivity contribution in [2.75, 3.05) is 33.2 Å². The molecule has 3 heteroatoms. The van der Waals surface area contributed by atoms with Gasteiger partial charge in [-0.15, -0.1) is 0 Å². The molecule has 2 fully saturated rings. The summed E-state index contributed by atoms with van der Waals surface area (Å²) in [6, 6.07) is 8.66. The van der Waals surface area contributed by atoms with Crippen LogP contribution in [-0.4, -0.2) is 44.2 Å². The Morgan fingerprint density at radius 3 is 2.76 bits per heavy atom. The van der Waals surface area contributed by atoms with E-state index in [1.54, 1.807) is 0 Å². The molecule has 0 spiro atoms. The van der Waals surface area contributed by atoms with Crippen molar-refractivity contribution in [3.05, 3.63) is 29.8 Å². The van der Waals surface area contributed by atoms with E-state index in [0.29, 0.717) is 6.10 Å². The summed E-state index contributed by atoms with van der Waals surface area (Å²) in [4.78, 5) is 2.39. The van der Waals surface area contributed by atoms with Crippen molar-refractivity contribution in [2.24, 2.45) is 5.92 Å². The summed E-state index contributed by atoms with van der Waals surface area (Å²) in [6.07, 6.45) is 6.49. The van der Waals surface area contributed by atoms with E-state index in [-0.39, 0.29) is 0 Å². The molecule has 0 bridgehead atoms. The Labute approximate surface area is 128 Å². The standard InChI is InChI=1S/C18H28N2O/c1-20-11-8-17(9-12-20)21-18-7-3-2-6-16(18)13-15-5-4-10-19-14-15/h2-3,6-7,15,17,19H,4-5,8-14H2,1H3. The van der Waals surface area contributed by atoms with Crippen molar-refractivity contribution in [1.82, 2.24) is 10.2 Å². The minimum atomic E-state index is 0.395. The van der Waals surface area contributed by atoms with Crippen LogP contribution in [0.3, 0.4) is 0 Å². The van der Waals surface area contributed by atoms with E-state index < -0.39 is 0 Å². The minimum absolute atomic E-state index is 0.395. The van der Waals surface area contributed by atoms with E-state index in [2.05, 4.69) is 41.5 Å². The zero-order valence-electron chi connectivity index (χ0n) is 13.2. The van der Waals surface area contributed by atoms with Crippen molar-refractivity contribution in [2.45, 2.75) is 38.2 Å². The number of para-hydroxylation sites is 1. The molecule has 1 unspecified atom stereocenters. The molecular formula is C18H28N2O. The van der Waals surface area contributed by atoms with Gasteiger partial charge >= 0.3 is 0 Å². The second kappa shape index (κ2) is 7.28. The third-order valence-electron chi connectivity index (χ3n) is 4.84. The lowest BCUT2D eigenvalue weighted by molar-refractivity contribution is 0.113. The van der Waals surface area contributed by atoms with Gasteiger partial charge in [0.1, 0.15) is 11.9 Å². The SMILES string of the molecule is CN1CCC(Oc2ccccc2CC2CCCNC2)CC1. The summed E-state index contributed by atoms with van der Waals surface area (Å²) in [6.45, 7) is 4.64. The monoisotopic (exact) mass is 288 g/mol. The average Bonchev–Trinajstić information content (AvgIpc) is 2.52. The molecule has 2 saturated heterocycles. The number of hydrogen-bond donors (Lipinski definition) is 1. The summed E-state index contributed by atoms with van der Waals surface area (Å²) in [5, 5.41) is 3.51. The summed E-state index contributed by atoms with van der Waals surface area (Å²) in [5.74, 6) is 1.89. The third-order valence-corrected chi connectivity index (χ3v) is 4.84. The predicted molar refractivity (Wildman–Crippen MR) is 86.9 cm³/mol. The van der Waals surface area contributed by atoms with Crippen LogP contribution in [0.2, 0.25) is 0 Å². The van der Waals surface area contributed by atoms with Crippen molar-refractivity contribution in [1.29, 1.82) is 0 Å². The highest BCUT2D eigenvalue weighted by Crippen LogP contribution is 2.26. The maximum atomic E-state index is 6.33. The molecule has 0 aliphatic carbocycles. The number of nitrogens with one attached hydrogen (secondary N) is 1. The van der Waals surface area contributed by atoms with Crippen molar-refractivity contribution in [3.8, 4) is 5.75 Å². The predicted octanol–water partition coefficient (Wildman–Crippen LogP) is 2.70. The van der Waals surface area contributed by atoms with Gasteiger partial charge in [0.15, 0.2) is 0 Å². The van der Waals surface area contributed by atoms with Crippen LogP contribution in [0.1, 0.15) is 31.2 Å². The van der Waals surface area contributed by atoms with Gasteiger partial charge in [-0.1, -0.05) is 18.2 Å². The average molecular weight is 288 g/mol. The Balaban J connectivity index is 1.61. The quantitative estimate of drug-likeness (QED) is 0.922. The maximum Gasteiger partial charge on any atom is 0.122 e. The van der Waals surface area contributed by atoms with Crippen LogP contribution >= 0.6 is 0 Å². The molecule has 2 heterocycles. The van der Waals surface area contributed by atoms with Gasteiger partial charge in [0.05, 0.1) is 0 Å². The Morgan fingerprint density at radius 1 is 1.19 bits per heavy atom. The summed E-state index contributed by atoms with van der Waals surface area (Å²) in [5.41, 5.74) is 1.39. The molecule has 116 valence electrons. The highest BCUT2D eigenvalue weighted by Gasteiger charge is 2.20. The molecule has 1 aromatic rings. The van der Waals surface area contributed by atoms with Crippen molar-refractivity contribution in [3.63, 3.8) is 0 Å². The van der Waals surface area contributed by atoms with Crippen LogP contribution in [0.5, 0.6) is 5.75 Å². The second-order valence-electron chi connectivity index (χ2n) is 6.64. The molecule has 21 heavy (non-hydrogen) atoms. The van der Waals surface area contributed by atoms with Crippen LogP contribution < -0.4 is 10.1 Å². The van der Waals surface area contributed by atoms with Gasteiger partial charge in [-0.3, -0.25) is 0 Å². The number of likely N-dealkylation sites (tertiary alicyclic amines) is 1. The molecule has 2 aliphatic rings. The molecule has 1 aromatic carbocycles. The van der Waals surface area contributed by atoms with Gasteiger partial charge in [-0.2, -0.15) is 0 Å². The Kier molecular flexibility index (Phi) is 5.15. The summed E-state index contributed by atoms with van der Waals surface area (Å²) in [7, 11) is 2.19. The van der Waals surface area contributed by atoms with Crippen LogP contribution in [0.25, 0.3) is 0 Å². The van der Waals surface area contributed by atoms with E-state index in [1.165, 1.54) is 24.9 Å². The van der Waals surface area contributed by atoms with Gasteiger partial charge < -0.3 is 15.0 Å². The number of rotatable bonds is 4. The topological polar surface area (TPSA) is 24.5 Å². The number of piperidine rings is 2. The Morgan fingerprint density at radius 2 is 2.00 bits per heavy atom. The molecule has 0 saturated carbocycles. The van der Waals surface area contributed by atoms with Crippen molar-refractivity contribution >= 4 is 0 Å². The van der Waals surface area contributed by atoms with E-state index in [9.17, 15) is 0 Å². The summed E-state index contributed by atoms with van der Waals surface area (Å²) < 4.78 is 6.33. The van der Waals surface area contributed by atoms with E-state index in [1.807, 2.05) is 0 Å². The van der Waals surface area contributed by atoms with Gasteiger partial charge in [-0.05, 0) is 69.8 Å². The second-order valence-corrected chi connectivity index (χ2v) is 6.64. The maximum absolute atomic E-state index is 6.33. The molecule has 1 N–H and O–H groups in total. The first-order valence-electron chi connectivity index (χ1n) is 8.45. The number of benzene rings is 1. The molecule has 2 aliphatic heterocycles. The smallest absolute Gasteiger partial charge is 0.122 e. The molecule has 3 nitrogen and oxygen atoms in total. The highest BCUT2D eigenvalue weighted by molar-refractivity contribution is 5.34. The fraction of sp³-hybridized carbons (Fsp3) is 0.667. The fourth-order valence-electron chi connectivity index (χ4n) is 3.48. The third kappa shape index (κ3) is 4.21. The van der Waals surface area contributed by atoms with Crippen LogP contribution in [-0.2, 0) is 6.42 Å². The minimum Gasteiger partial charge on any atom is -0.490 e. The van der Waals surface area contributed by atoms with Gasteiger partial charge in [0, 0.05) is 13.1 Å². The lowest BCUT2D eigenvalue weighted by Crippen LogP contribution is -2.36. The number of hydrogen-bond acceptors (Lipinski definition) is 3. The number of nitrogens with zero attached hydrogens (tertiary/aromatic N) is 1. The Bertz CT molecular complexity index is 435. The largest absolute Gasteiger partial charge is 0.490 e. The van der Waals surface area contributed by atoms with Gasteiger partial charge in [0.2, 0.25) is 0 Å². The van der Waals surface area contributed by atoms with Crippen molar-refractivity contribution < 1.29 is 4.74 Å². The first-order chi connectivity index (χ1) is 10.3. The van der Waals surface area contributed by atoms with Crippen LogP contribution in [0, 0.1) is 5.92 Å². The molecule has 0 aromatic heterocycles. The lowest BCUT2D eigenvalue weighted by atomic mass is 9.92.